The van der Waals surface area contributed by atoms with Crippen LogP contribution in [-0.4, -0.2) is 22.2 Å². The van der Waals surface area contributed by atoms with Gasteiger partial charge in [0.1, 0.15) is 5.57 Å². The molecule has 0 saturated heterocycles. The second-order valence-electron chi connectivity index (χ2n) is 7.50. The Balaban J connectivity index is 3.46. The maximum absolute atomic E-state index is 11.6. The minimum atomic E-state index is -1.29. The van der Waals surface area contributed by atoms with Gasteiger partial charge in [0.2, 0.25) is 0 Å². The van der Waals surface area contributed by atoms with Crippen LogP contribution in [0, 0.1) is 17.3 Å². The molecule has 0 atom stereocenters. The van der Waals surface area contributed by atoms with Crippen molar-refractivity contribution < 1.29 is 19.8 Å². The molecule has 2 N–H and O–H groups in total. The summed E-state index contributed by atoms with van der Waals surface area (Å²) in [5.41, 5.74) is 0.0511. The van der Waals surface area contributed by atoms with E-state index in [0.717, 1.165) is 38.5 Å². The first kappa shape index (κ1) is 18.7. The topological polar surface area (TPSA) is 74.6 Å². The molecule has 1 fully saturated rings. The van der Waals surface area contributed by atoms with Crippen molar-refractivity contribution in [1.82, 2.24) is 0 Å². The summed E-state index contributed by atoms with van der Waals surface area (Å²) in [5, 5.41) is 18.9. The summed E-state index contributed by atoms with van der Waals surface area (Å²) < 4.78 is 0. The maximum atomic E-state index is 11.6. The van der Waals surface area contributed by atoms with Gasteiger partial charge in [-0.25, -0.2) is 9.59 Å². The molecular formula is C18H30O4. The van der Waals surface area contributed by atoms with Crippen molar-refractivity contribution in [1.29, 1.82) is 0 Å². The molecule has 1 rings (SSSR count). The molecule has 0 aliphatic heterocycles. The summed E-state index contributed by atoms with van der Waals surface area (Å²) >= 11 is 0. The lowest BCUT2D eigenvalue weighted by atomic mass is 9.62. The first-order chi connectivity index (χ1) is 10.2. The van der Waals surface area contributed by atoms with Crippen LogP contribution >= 0.6 is 0 Å². The third kappa shape index (κ3) is 4.59. The van der Waals surface area contributed by atoms with Crippen LogP contribution in [0.1, 0.15) is 72.6 Å². The third-order valence-electron chi connectivity index (χ3n) is 4.59. The second kappa shape index (κ2) is 7.80. The molecule has 0 unspecified atom stereocenters. The third-order valence-corrected chi connectivity index (χ3v) is 4.59. The molecule has 4 heteroatoms. The Kier molecular flexibility index (Phi) is 6.64. The summed E-state index contributed by atoms with van der Waals surface area (Å²) in [7, 11) is 0. The van der Waals surface area contributed by atoms with Crippen LogP contribution in [0.3, 0.4) is 0 Å². The van der Waals surface area contributed by atoms with Crippen molar-refractivity contribution in [3.63, 3.8) is 0 Å². The molecule has 0 heterocycles. The first-order valence-corrected chi connectivity index (χ1v) is 8.40. The van der Waals surface area contributed by atoms with E-state index in [2.05, 4.69) is 13.8 Å². The monoisotopic (exact) mass is 310 g/mol. The lowest BCUT2D eigenvalue weighted by molar-refractivity contribution is -0.140. The van der Waals surface area contributed by atoms with Gasteiger partial charge in [0.05, 0.1) is 0 Å². The minimum absolute atomic E-state index is 0.245. The van der Waals surface area contributed by atoms with Crippen LogP contribution in [0.25, 0.3) is 0 Å². The van der Waals surface area contributed by atoms with Gasteiger partial charge in [-0.3, -0.25) is 0 Å². The highest BCUT2D eigenvalue weighted by molar-refractivity contribution is 6.13. The predicted octanol–water partition coefficient (Wildman–Crippen LogP) is 4.49. The van der Waals surface area contributed by atoms with E-state index < -0.39 is 11.9 Å². The average molecular weight is 310 g/mol. The van der Waals surface area contributed by atoms with Crippen molar-refractivity contribution in [2.24, 2.45) is 17.3 Å². The van der Waals surface area contributed by atoms with E-state index in [1.807, 2.05) is 13.8 Å². The van der Waals surface area contributed by atoms with Crippen LogP contribution in [0.2, 0.25) is 0 Å². The van der Waals surface area contributed by atoms with Gasteiger partial charge in [0, 0.05) is 0 Å². The molecule has 0 amide bonds. The molecule has 0 aromatic rings. The van der Waals surface area contributed by atoms with Crippen molar-refractivity contribution >= 4 is 11.9 Å². The summed E-state index contributed by atoms with van der Waals surface area (Å²) in [4.78, 5) is 23.2. The van der Waals surface area contributed by atoms with Crippen molar-refractivity contribution in [3.8, 4) is 0 Å². The van der Waals surface area contributed by atoms with Gasteiger partial charge in [0.15, 0.2) is 0 Å². The molecule has 0 bridgehead atoms. The lowest BCUT2D eigenvalue weighted by Gasteiger charge is -2.42. The number of carboxylic acids is 2. The number of carboxylic acid groups (broad SMARTS) is 2. The molecule has 1 aliphatic rings. The van der Waals surface area contributed by atoms with Gasteiger partial charge < -0.3 is 10.2 Å². The molecule has 1 aliphatic carbocycles. The Bertz CT molecular complexity index is 424. The number of allylic oxidation sites excluding steroid dienone is 1. The van der Waals surface area contributed by atoms with E-state index in [-0.39, 0.29) is 16.9 Å². The predicted molar refractivity (Wildman–Crippen MR) is 86.7 cm³/mol. The van der Waals surface area contributed by atoms with Crippen LogP contribution in [0.15, 0.2) is 11.1 Å². The average Bonchev–Trinajstić information content (AvgIpc) is 2.36. The van der Waals surface area contributed by atoms with Crippen molar-refractivity contribution in [2.45, 2.75) is 72.6 Å². The van der Waals surface area contributed by atoms with Crippen molar-refractivity contribution in [2.75, 3.05) is 0 Å². The molecule has 1 saturated carbocycles. The summed E-state index contributed by atoms with van der Waals surface area (Å²) in [6.07, 6.45) is 6.53. The summed E-state index contributed by atoms with van der Waals surface area (Å²) in [5.74, 6) is -1.92. The normalized spacial score (nSPS) is 17.5. The van der Waals surface area contributed by atoms with E-state index >= 15 is 0 Å². The number of carbonyl (C=O) groups is 2. The van der Waals surface area contributed by atoms with Crippen molar-refractivity contribution in [3.05, 3.63) is 11.1 Å². The molecule has 0 spiro atoms. The Morgan fingerprint density at radius 1 is 0.909 bits per heavy atom. The SMILES string of the molecule is CC(C)CC(=C(C(=O)O)C(=O)O)C1(CC(C)C)CCCCC1. The standard InChI is InChI=1S/C18H30O4/c1-12(2)10-14(15(16(19)20)17(21)22)18(11-13(3)4)8-6-5-7-9-18/h12-13H,5-11H2,1-4H3,(H,19,20)(H,21,22). The number of hydrogen-bond donors (Lipinski definition) is 2. The highest BCUT2D eigenvalue weighted by Crippen LogP contribution is 2.50. The smallest absolute Gasteiger partial charge is 0.343 e. The minimum Gasteiger partial charge on any atom is -0.477 e. The van der Waals surface area contributed by atoms with Gasteiger partial charge in [-0.15, -0.1) is 0 Å². The van der Waals surface area contributed by atoms with Gasteiger partial charge in [-0.05, 0) is 48.5 Å². The zero-order chi connectivity index (χ0) is 16.9. The largest absolute Gasteiger partial charge is 0.477 e. The van der Waals surface area contributed by atoms with E-state index in [9.17, 15) is 19.8 Å². The van der Waals surface area contributed by atoms with Gasteiger partial charge in [-0.1, -0.05) is 47.0 Å². The quantitative estimate of drug-likeness (QED) is 0.412. The zero-order valence-corrected chi connectivity index (χ0v) is 14.3. The Morgan fingerprint density at radius 2 is 1.41 bits per heavy atom. The zero-order valence-electron chi connectivity index (χ0n) is 14.3. The number of hydrogen-bond acceptors (Lipinski definition) is 2. The molecule has 126 valence electrons. The van der Waals surface area contributed by atoms with Crippen LogP contribution < -0.4 is 0 Å². The molecule has 22 heavy (non-hydrogen) atoms. The Morgan fingerprint density at radius 3 is 1.77 bits per heavy atom. The van der Waals surface area contributed by atoms with E-state index in [0.29, 0.717) is 17.9 Å². The Labute approximate surface area is 133 Å². The first-order valence-electron chi connectivity index (χ1n) is 8.40. The number of aliphatic carboxylic acids is 2. The highest BCUT2D eigenvalue weighted by atomic mass is 16.4. The van der Waals surface area contributed by atoms with Gasteiger partial charge >= 0.3 is 11.9 Å². The lowest BCUT2D eigenvalue weighted by Crippen LogP contribution is -2.33. The summed E-state index contributed by atoms with van der Waals surface area (Å²) in [6.45, 7) is 8.30. The molecule has 0 aromatic heterocycles. The fourth-order valence-electron chi connectivity index (χ4n) is 3.98. The Hall–Kier alpha value is -1.32. The van der Waals surface area contributed by atoms with Crippen LogP contribution in [0.5, 0.6) is 0 Å². The molecular weight excluding hydrogens is 280 g/mol. The molecule has 4 nitrogen and oxygen atoms in total. The fraction of sp³-hybridized carbons (Fsp3) is 0.778. The van der Waals surface area contributed by atoms with E-state index in [4.69, 9.17) is 0 Å². The fourth-order valence-corrected chi connectivity index (χ4v) is 3.98. The highest BCUT2D eigenvalue weighted by Gasteiger charge is 2.40. The van der Waals surface area contributed by atoms with Gasteiger partial charge in [-0.2, -0.15) is 0 Å². The van der Waals surface area contributed by atoms with Gasteiger partial charge in [0.25, 0.3) is 0 Å². The summed E-state index contributed by atoms with van der Waals surface area (Å²) in [6, 6.07) is 0. The number of rotatable bonds is 7. The van der Waals surface area contributed by atoms with Crippen LogP contribution in [0.4, 0.5) is 0 Å². The second-order valence-corrected chi connectivity index (χ2v) is 7.50. The van der Waals surface area contributed by atoms with Crippen LogP contribution in [-0.2, 0) is 9.59 Å². The molecule has 0 radical (unpaired) electrons. The van der Waals surface area contributed by atoms with E-state index in [1.54, 1.807) is 0 Å². The molecule has 0 aromatic carbocycles. The van der Waals surface area contributed by atoms with E-state index in [1.165, 1.54) is 0 Å². The maximum Gasteiger partial charge on any atom is 0.343 e.